The molecule has 6 heteroatoms. The third-order valence-electron chi connectivity index (χ3n) is 3.38. The van der Waals surface area contributed by atoms with E-state index in [1.54, 1.807) is 26.4 Å². The number of nitrogens with zero attached hydrogens (tertiary/aromatic N) is 5. The lowest BCUT2D eigenvalue weighted by Gasteiger charge is -2.05. The van der Waals surface area contributed by atoms with Gasteiger partial charge in [0.2, 0.25) is 0 Å². The highest BCUT2D eigenvalue weighted by Crippen LogP contribution is 2.16. The van der Waals surface area contributed by atoms with Gasteiger partial charge in [0.05, 0.1) is 19.1 Å². The third-order valence-corrected chi connectivity index (χ3v) is 3.38. The lowest BCUT2D eigenvalue weighted by Crippen LogP contribution is -2.14. The van der Waals surface area contributed by atoms with E-state index >= 15 is 0 Å². The maximum atomic E-state index is 9.63. The van der Waals surface area contributed by atoms with Crippen LogP contribution in [0.15, 0.2) is 49.2 Å². The third kappa shape index (κ3) is 4.31. The summed E-state index contributed by atoms with van der Waals surface area (Å²) in [4.78, 5) is 4.02. The van der Waals surface area contributed by atoms with Crippen LogP contribution in [0.4, 0.5) is 0 Å². The number of aromatic nitrogens is 5. The van der Waals surface area contributed by atoms with Crippen molar-refractivity contribution in [3.05, 3.63) is 54.7 Å². The molecular formula is C18H19N5O. The molecule has 0 fully saturated rings. The molecule has 3 aromatic rings. The fraction of sp³-hybridized carbons (Fsp3) is 0.278. The second kappa shape index (κ2) is 6.69. The standard InChI is InChI=1S/C18H19N5O/c1-18(2,24)8-7-15-3-5-16(6-4-15)17-13-23(21-20-17)12-11-22-10-9-19-14-22/h3-6,9-10,13-14,24H,11-12H2,1-2H3. The van der Waals surface area contributed by atoms with E-state index in [0.717, 1.165) is 29.9 Å². The van der Waals surface area contributed by atoms with Crippen LogP contribution in [0.2, 0.25) is 0 Å². The van der Waals surface area contributed by atoms with Crippen molar-refractivity contribution in [2.75, 3.05) is 0 Å². The number of hydrogen-bond acceptors (Lipinski definition) is 4. The van der Waals surface area contributed by atoms with Gasteiger partial charge in [-0.1, -0.05) is 29.2 Å². The molecule has 122 valence electrons. The second-order valence-corrected chi connectivity index (χ2v) is 6.05. The van der Waals surface area contributed by atoms with Crippen LogP contribution in [0.5, 0.6) is 0 Å². The molecule has 0 saturated carbocycles. The Balaban J connectivity index is 1.67. The van der Waals surface area contributed by atoms with E-state index in [2.05, 4.69) is 27.1 Å². The molecule has 1 aromatic carbocycles. The normalized spacial score (nSPS) is 11.1. The fourth-order valence-electron chi connectivity index (χ4n) is 2.13. The molecule has 3 rings (SSSR count). The van der Waals surface area contributed by atoms with Crippen molar-refractivity contribution in [2.45, 2.75) is 32.5 Å². The van der Waals surface area contributed by atoms with Crippen molar-refractivity contribution in [3.8, 4) is 23.1 Å². The van der Waals surface area contributed by atoms with Crippen molar-refractivity contribution >= 4 is 0 Å². The smallest absolute Gasteiger partial charge is 0.120 e. The van der Waals surface area contributed by atoms with Crippen LogP contribution >= 0.6 is 0 Å². The molecule has 2 aromatic heterocycles. The molecule has 0 atom stereocenters. The molecule has 6 nitrogen and oxygen atoms in total. The molecule has 0 spiro atoms. The van der Waals surface area contributed by atoms with Crippen LogP contribution < -0.4 is 0 Å². The van der Waals surface area contributed by atoms with Gasteiger partial charge in [-0.2, -0.15) is 0 Å². The molecular weight excluding hydrogens is 302 g/mol. The quantitative estimate of drug-likeness (QED) is 0.746. The Morgan fingerprint density at radius 3 is 2.62 bits per heavy atom. The van der Waals surface area contributed by atoms with Gasteiger partial charge in [-0.05, 0) is 26.0 Å². The van der Waals surface area contributed by atoms with Gasteiger partial charge in [-0.25, -0.2) is 4.98 Å². The van der Waals surface area contributed by atoms with Gasteiger partial charge in [0, 0.05) is 30.1 Å². The Bertz CT molecular complexity index is 845. The highest BCUT2D eigenvalue weighted by Gasteiger charge is 2.06. The fourth-order valence-corrected chi connectivity index (χ4v) is 2.13. The summed E-state index contributed by atoms with van der Waals surface area (Å²) < 4.78 is 3.81. The number of benzene rings is 1. The van der Waals surface area contributed by atoms with Crippen LogP contribution in [0, 0.1) is 11.8 Å². The van der Waals surface area contributed by atoms with Crippen molar-refractivity contribution < 1.29 is 5.11 Å². The Hall–Kier alpha value is -2.91. The van der Waals surface area contributed by atoms with Crippen molar-refractivity contribution in [1.82, 2.24) is 24.5 Å². The predicted octanol–water partition coefficient (Wildman–Crippen LogP) is 1.96. The van der Waals surface area contributed by atoms with E-state index in [4.69, 9.17) is 0 Å². The summed E-state index contributed by atoms with van der Waals surface area (Å²) in [7, 11) is 0. The average Bonchev–Trinajstić information content (AvgIpc) is 3.22. The number of aliphatic hydroxyl groups is 1. The zero-order valence-electron chi connectivity index (χ0n) is 13.7. The number of hydrogen-bond donors (Lipinski definition) is 1. The molecule has 1 N–H and O–H groups in total. The van der Waals surface area contributed by atoms with E-state index in [-0.39, 0.29) is 0 Å². The second-order valence-electron chi connectivity index (χ2n) is 6.05. The largest absolute Gasteiger partial charge is 0.378 e. The maximum Gasteiger partial charge on any atom is 0.120 e. The first kappa shape index (κ1) is 16.0. The Labute approximate surface area is 140 Å². The Morgan fingerprint density at radius 1 is 1.17 bits per heavy atom. The van der Waals surface area contributed by atoms with Gasteiger partial charge >= 0.3 is 0 Å². The number of rotatable bonds is 4. The first-order chi connectivity index (χ1) is 11.5. The molecule has 0 amide bonds. The van der Waals surface area contributed by atoms with Gasteiger partial charge < -0.3 is 9.67 Å². The summed E-state index contributed by atoms with van der Waals surface area (Å²) in [5.74, 6) is 5.75. The molecule has 0 unspecified atom stereocenters. The molecule has 24 heavy (non-hydrogen) atoms. The summed E-state index contributed by atoms with van der Waals surface area (Å²) >= 11 is 0. The molecule has 0 radical (unpaired) electrons. The van der Waals surface area contributed by atoms with Crippen molar-refractivity contribution in [2.24, 2.45) is 0 Å². The van der Waals surface area contributed by atoms with E-state index in [0.29, 0.717) is 0 Å². The monoisotopic (exact) mass is 321 g/mol. The minimum atomic E-state index is -0.989. The molecule has 2 heterocycles. The first-order valence-corrected chi connectivity index (χ1v) is 7.71. The molecule has 0 aliphatic carbocycles. The van der Waals surface area contributed by atoms with Crippen LogP contribution in [-0.2, 0) is 13.1 Å². The molecule has 0 bridgehead atoms. The van der Waals surface area contributed by atoms with Gasteiger partial charge in [-0.15, -0.1) is 5.10 Å². The first-order valence-electron chi connectivity index (χ1n) is 7.71. The Kier molecular flexibility index (Phi) is 4.45. The lowest BCUT2D eigenvalue weighted by atomic mass is 10.1. The molecule has 0 aliphatic rings. The van der Waals surface area contributed by atoms with Crippen molar-refractivity contribution in [3.63, 3.8) is 0 Å². The SMILES string of the molecule is CC(C)(O)C#Cc1ccc(-c2cn(CCn3ccnc3)nn2)cc1. The number of imidazole rings is 1. The van der Waals surface area contributed by atoms with Crippen LogP contribution in [0.3, 0.4) is 0 Å². The van der Waals surface area contributed by atoms with E-state index < -0.39 is 5.60 Å². The van der Waals surface area contributed by atoms with Gasteiger partial charge in [0.1, 0.15) is 11.3 Å². The Morgan fingerprint density at radius 2 is 1.96 bits per heavy atom. The molecule has 0 saturated heterocycles. The van der Waals surface area contributed by atoms with Crippen LogP contribution in [-0.4, -0.2) is 35.3 Å². The minimum Gasteiger partial charge on any atom is -0.378 e. The van der Waals surface area contributed by atoms with Gasteiger partial charge in [0.25, 0.3) is 0 Å². The van der Waals surface area contributed by atoms with Crippen molar-refractivity contribution in [1.29, 1.82) is 0 Å². The number of aryl methyl sites for hydroxylation is 2. The van der Waals surface area contributed by atoms with E-state index in [1.807, 2.05) is 45.9 Å². The summed E-state index contributed by atoms with van der Waals surface area (Å²) in [5.41, 5.74) is 1.67. The zero-order valence-corrected chi connectivity index (χ0v) is 13.7. The summed E-state index contributed by atoms with van der Waals surface area (Å²) in [5, 5.41) is 18.0. The lowest BCUT2D eigenvalue weighted by molar-refractivity contribution is 0.143. The highest BCUT2D eigenvalue weighted by molar-refractivity contribution is 5.59. The summed E-state index contributed by atoms with van der Waals surface area (Å²) in [6.07, 6.45) is 7.39. The van der Waals surface area contributed by atoms with Crippen LogP contribution in [0.1, 0.15) is 19.4 Å². The zero-order chi connectivity index (χ0) is 17.0. The van der Waals surface area contributed by atoms with Gasteiger partial charge in [-0.3, -0.25) is 4.68 Å². The topological polar surface area (TPSA) is 68.8 Å². The average molecular weight is 321 g/mol. The van der Waals surface area contributed by atoms with Crippen LogP contribution in [0.25, 0.3) is 11.3 Å². The van der Waals surface area contributed by atoms with E-state index in [9.17, 15) is 5.11 Å². The predicted molar refractivity (Wildman–Crippen MR) is 90.9 cm³/mol. The molecule has 0 aliphatic heterocycles. The summed E-state index contributed by atoms with van der Waals surface area (Å²) in [6, 6.07) is 7.74. The maximum absolute atomic E-state index is 9.63. The van der Waals surface area contributed by atoms with Gasteiger partial charge in [0.15, 0.2) is 0 Å². The van der Waals surface area contributed by atoms with E-state index in [1.165, 1.54) is 0 Å². The highest BCUT2D eigenvalue weighted by atomic mass is 16.3. The minimum absolute atomic E-state index is 0.735. The summed E-state index contributed by atoms with van der Waals surface area (Å²) in [6.45, 7) is 4.86.